The van der Waals surface area contributed by atoms with Crippen LogP contribution in [0, 0.1) is 35.3 Å². The minimum Gasteiger partial charge on any atom is -0.454 e. The van der Waals surface area contributed by atoms with Gasteiger partial charge in [-0.25, -0.2) is 0 Å². The lowest BCUT2D eigenvalue weighted by atomic mass is 10.1. The number of nitrogens with zero attached hydrogens (tertiary/aromatic N) is 2. The van der Waals surface area contributed by atoms with Crippen LogP contribution in [0.3, 0.4) is 0 Å². The Hall–Kier alpha value is -3.86. The van der Waals surface area contributed by atoms with Gasteiger partial charge < -0.3 is 14.8 Å². The molecule has 0 fully saturated rings. The van der Waals surface area contributed by atoms with Crippen LogP contribution in [-0.2, 0) is 4.79 Å². The number of nitriles is 1. The number of rotatable bonds is 4. The minimum absolute atomic E-state index is 0.0438. The zero-order chi connectivity index (χ0) is 19.6. The van der Waals surface area contributed by atoms with Crippen LogP contribution in [0.5, 0.6) is 11.5 Å². The van der Waals surface area contributed by atoms with E-state index < -0.39 is 10.8 Å². The molecule has 0 spiro atoms. The zero-order valence-electron chi connectivity index (χ0n) is 14.6. The first-order chi connectivity index (χ1) is 12.9. The number of nitro benzene ring substituents is 1. The molecule has 0 atom stereocenters. The maximum Gasteiger partial charge on any atom is 0.280 e. The first kappa shape index (κ1) is 17.9. The van der Waals surface area contributed by atoms with Crippen LogP contribution < -0.4 is 14.8 Å². The van der Waals surface area contributed by atoms with Crippen LogP contribution in [0.1, 0.15) is 16.7 Å². The number of anilines is 1. The Kier molecular flexibility index (Phi) is 4.77. The van der Waals surface area contributed by atoms with Gasteiger partial charge in [0.2, 0.25) is 6.79 Å². The summed E-state index contributed by atoms with van der Waals surface area (Å²) >= 11 is 0. The molecule has 1 heterocycles. The average molecular weight is 365 g/mol. The highest BCUT2D eigenvalue weighted by Crippen LogP contribution is 2.38. The summed E-state index contributed by atoms with van der Waals surface area (Å²) in [5, 5.41) is 23.4. The van der Waals surface area contributed by atoms with E-state index in [1.54, 1.807) is 18.2 Å². The number of hydrogen-bond donors (Lipinski definition) is 1. The fourth-order valence-electron chi connectivity index (χ4n) is 2.60. The Morgan fingerprint density at radius 3 is 2.67 bits per heavy atom. The summed E-state index contributed by atoms with van der Waals surface area (Å²) < 4.78 is 10.4. The maximum atomic E-state index is 12.5. The third-order valence-corrected chi connectivity index (χ3v) is 4.24. The van der Waals surface area contributed by atoms with Crippen LogP contribution in [0.4, 0.5) is 11.4 Å². The van der Waals surface area contributed by atoms with Gasteiger partial charge in [0.1, 0.15) is 11.6 Å². The van der Waals surface area contributed by atoms with E-state index in [2.05, 4.69) is 5.32 Å². The van der Waals surface area contributed by atoms with Crippen molar-refractivity contribution in [2.75, 3.05) is 12.1 Å². The first-order valence-electron chi connectivity index (χ1n) is 7.98. The number of amides is 1. The molecule has 0 aliphatic carbocycles. The van der Waals surface area contributed by atoms with Gasteiger partial charge in [0.15, 0.2) is 11.5 Å². The number of nitro groups is 1. The van der Waals surface area contributed by atoms with Gasteiger partial charge >= 0.3 is 0 Å². The molecule has 0 bridgehead atoms. The molecule has 3 rings (SSSR count). The predicted molar refractivity (Wildman–Crippen MR) is 97.4 cm³/mol. The Morgan fingerprint density at radius 1 is 1.30 bits per heavy atom. The maximum absolute atomic E-state index is 12.5. The van der Waals surface area contributed by atoms with E-state index in [4.69, 9.17) is 9.47 Å². The Balaban J connectivity index is 1.97. The van der Waals surface area contributed by atoms with Gasteiger partial charge in [0, 0.05) is 5.69 Å². The standard InChI is InChI=1S/C19H15N3O5/c1-11-4-3-5-15(12(11)2)21-19(23)14(9-20)6-13-7-17-18(27-10-26-17)8-16(13)22(24)25/h3-8H,10H2,1-2H3,(H,21,23)/b14-6+. The molecule has 0 radical (unpaired) electrons. The first-order valence-corrected chi connectivity index (χ1v) is 7.98. The van der Waals surface area contributed by atoms with Crippen LogP contribution in [0.2, 0.25) is 0 Å². The molecule has 8 heteroatoms. The highest BCUT2D eigenvalue weighted by Gasteiger charge is 2.23. The number of hydrogen-bond acceptors (Lipinski definition) is 6. The molecule has 1 aliphatic heterocycles. The average Bonchev–Trinajstić information content (AvgIpc) is 3.09. The van der Waals surface area contributed by atoms with Crippen molar-refractivity contribution in [2.24, 2.45) is 0 Å². The third kappa shape index (κ3) is 3.57. The predicted octanol–water partition coefficient (Wildman–Crippen LogP) is 3.49. The molecule has 1 amide bonds. The summed E-state index contributed by atoms with van der Waals surface area (Å²) in [5.74, 6) is -0.0885. The lowest BCUT2D eigenvalue weighted by Crippen LogP contribution is -2.14. The van der Waals surface area contributed by atoms with Gasteiger partial charge in [0.05, 0.1) is 16.6 Å². The number of aryl methyl sites for hydroxylation is 1. The molecule has 0 saturated carbocycles. The highest BCUT2D eigenvalue weighted by atomic mass is 16.7. The lowest BCUT2D eigenvalue weighted by Gasteiger charge is -2.10. The summed E-state index contributed by atoms with van der Waals surface area (Å²) in [6.45, 7) is 3.71. The van der Waals surface area contributed by atoms with Crippen molar-refractivity contribution in [3.8, 4) is 17.6 Å². The molecule has 2 aromatic rings. The summed E-state index contributed by atoms with van der Waals surface area (Å²) in [6.07, 6.45) is 1.17. The number of benzene rings is 2. The molecule has 136 valence electrons. The van der Waals surface area contributed by atoms with Gasteiger partial charge in [0.25, 0.3) is 11.6 Å². The summed E-state index contributed by atoms with van der Waals surface area (Å²) in [4.78, 5) is 23.2. The molecule has 0 aromatic heterocycles. The molecular weight excluding hydrogens is 350 g/mol. The van der Waals surface area contributed by atoms with Crippen LogP contribution >= 0.6 is 0 Å². The fraction of sp³-hybridized carbons (Fsp3) is 0.158. The van der Waals surface area contributed by atoms with Crippen molar-refractivity contribution in [1.29, 1.82) is 5.26 Å². The molecule has 0 unspecified atom stereocenters. The van der Waals surface area contributed by atoms with E-state index in [1.165, 1.54) is 18.2 Å². The van der Waals surface area contributed by atoms with Crippen molar-refractivity contribution in [3.05, 3.63) is 62.7 Å². The zero-order valence-corrected chi connectivity index (χ0v) is 14.6. The van der Waals surface area contributed by atoms with E-state index in [9.17, 15) is 20.2 Å². The molecule has 2 aromatic carbocycles. The molecule has 8 nitrogen and oxygen atoms in total. The topological polar surface area (TPSA) is 114 Å². The number of carbonyl (C=O) groups is 1. The highest BCUT2D eigenvalue weighted by molar-refractivity contribution is 6.10. The summed E-state index contributed by atoms with van der Waals surface area (Å²) in [5.41, 5.74) is 1.96. The number of carbonyl (C=O) groups excluding carboxylic acids is 1. The van der Waals surface area contributed by atoms with Crippen molar-refractivity contribution in [2.45, 2.75) is 13.8 Å². The third-order valence-electron chi connectivity index (χ3n) is 4.24. The van der Waals surface area contributed by atoms with Crippen LogP contribution in [0.25, 0.3) is 6.08 Å². The lowest BCUT2D eigenvalue weighted by molar-refractivity contribution is -0.385. The van der Waals surface area contributed by atoms with Gasteiger partial charge in [-0.1, -0.05) is 12.1 Å². The molecular formula is C19H15N3O5. The fourth-order valence-corrected chi connectivity index (χ4v) is 2.60. The molecule has 27 heavy (non-hydrogen) atoms. The Labute approximate surface area is 154 Å². The minimum atomic E-state index is -0.654. The van der Waals surface area contributed by atoms with Crippen molar-refractivity contribution in [1.82, 2.24) is 0 Å². The van der Waals surface area contributed by atoms with Crippen LogP contribution in [0.15, 0.2) is 35.9 Å². The van der Waals surface area contributed by atoms with Gasteiger partial charge in [-0.15, -0.1) is 0 Å². The van der Waals surface area contributed by atoms with E-state index in [0.717, 1.165) is 11.1 Å². The van der Waals surface area contributed by atoms with E-state index in [-0.39, 0.29) is 29.4 Å². The quantitative estimate of drug-likeness (QED) is 0.384. The van der Waals surface area contributed by atoms with Gasteiger partial charge in [-0.05, 0) is 43.2 Å². The second-order valence-electron chi connectivity index (χ2n) is 5.89. The van der Waals surface area contributed by atoms with Crippen LogP contribution in [-0.4, -0.2) is 17.6 Å². The summed E-state index contributed by atoms with van der Waals surface area (Å²) in [6, 6.07) is 9.80. The number of ether oxygens (including phenoxy) is 2. The van der Waals surface area contributed by atoms with E-state index >= 15 is 0 Å². The van der Waals surface area contributed by atoms with Gasteiger partial charge in [-0.2, -0.15) is 5.26 Å². The molecule has 1 N–H and O–H groups in total. The number of fused-ring (bicyclic) bond motifs is 1. The second-order valence-corrected chi connectivity index (χ2v) is 5.89. The molecule has 1 aliphatic rings. The smallest absolute Gasteiger partial charge is 0.280 e. The monoisotopic (exact) mass is 365 g/mol. The number of nitrogens with one attached hydrogen (secondary N) is 1. The van der Waals surface area contributed by atoms with E-state index in [1.807, 2.05) is 19.9 Å². The summed E-state index contributed by atoms with van der Waals surface area (Å²) in [7, 11) is 0. The molecule has 0 saturated heterocycles. The van der Waals surface area contributed by atoms with Crippen molar-refractivity contribution >= 4 is 23.4 Å². The largest absolute Gasteiger partial charge is 0.454 e. The van der Waals surface area contributed by atoms with Gasteiger partial charge in [-0.3, -0.25) is 14.9 Å². The van der Waals surface area contributed by atoms with Crippen molar-refractivity contribution in [3.63, 3.8) is 0 Å². The van der Waals surface area contributed by atoms with Crippen molar-refractivity contribution < 1.29 is 19.2 Å². The SMILES string of the molecule is Cc1cccc(NC(=O)/C(C#N)=C/c2cc3c(cc2[N+](=O)[O-])OCO3)c1C. The second kappa shape index (κ2) is 7.17. The van der Waals surface area contributed by atoms with E-state index in [0.29, 0.717) is 11.4 Å². The Bertz CT molecular complexity index is 1020. The Morgan fingerprint density at radius 2 is 2.00 bits per heavy atom. The normalized spacial score (nSPS) is 12.4.